The lowest BCUT2D eigenvalue weighted by Crippen LogP contribution is -2.40. The Balaban J connectivity index is 2.67. The van der Waals surface area contributed by atoms with Crippen molar-refractivity contribution in [2.45, 2.75) is 39.7 Å². The number of nitrogens with zero attached hydrogens (tertiary/aromatic N) is 2. The number of hydrogen-bond donors (Lipinski definition) is 1. The SMILES string of the molecule is Cc1noc(C)c1CC(=O)N(C)CC(C)(C)O. The van der Waals surface area contributed by atoms with Gasteiger partial charge in [0, 0.05) is 19.2 Å². The first-order valence-corrected chi connectivity index (χ1v) is 5.59. The van der Waals surface area contributed by atoms with Gasteiger partial charge in [0.05, 0.1) is 17.7 Å². The van der Waals surface area contributed by atoms with E-state index < -0.39 is 5.60 Å². The highest BCUT2D eigenvalue weighted by atomic mass is 16.5. The molecule has 1 rings (SSSR count). The molecule has 0 atom stereocenters. The number of likely N-dealkylation sites (N-methyl/N-ethyl adjacent to an activating group) is 1. The van der Waals surface area contributed by atoms with Gasteiger partial charge >= 0.3 is 0 Å². The molecular formula is C12H20N2O3. The fraction of sp³-hybridized carbons (Fsp3) is 0.667. The molecule has 5 nitrogen and oxygen atoms in total. The van der Waals surface area contributed by atoms with E-state index in [9.17, 15) is 9.90 Å². The maximum Gasteiger partial charge on any atom is 0.227 e. The fourth-order valence-corrected chi connectivity index (χ4v) is 1.71. The molecule has 17 heavy (non-hydrogen) atoms. The molecule has 5 heteroatoms. The first-order valence-electron chi connectivity index (χ1n) is 5.59. The third kappa shape index (κ3) is 3.85. The summed E-state index contributed by atoms with van der Waals surface area (Å²) in [5, 5.41) is 13.5. The van der Waals surface area contributed by atoms with Crippen LogP contribution in [0.5, 0.6) is 0 Å². The molecule has 1 heterocycles. The van der Waals surface area contributed by atoms with Crippen LogP contribution < -0.4 is 0 Å². The highest BCUT2D eigenvalue weighted by Crippen LogP contribution is 2.14. The predicted molar refractivity (Wildman–Crippen MR) is 63.6 cm³/mol. The maximum absolute atomic E-state index is 11.9. The Labute approximate surface area is 101 Å². The first-order chi connectivity index (χ1) is 7.70. The van der Waals surface area contributed by atoms with Crippen molar-refractivity contribution >= 4 is 5.91 Å². The minimum absolute atomic E-state index is 0.0541. The second-order valence-electron chi connectivity index (χ2n) is 5.04. The Morgan fingerprint density at radius 1 is 1.47 bits per heavy atom. The molecule has 1 amide bonds. The molecule has 0 unspecified atom stereocenters. The zero-order valence-corrected chi connectivity index (χ0v) is 11.1. The van der Waals surface area contributed by atoms with Gasteiger partial charge in [0.15, 0.2) is 0 Å². The van der Waals surface area contributed by atoms with E-state index in [1.165, 1.54) is 4.90 Å². The number of aromatic nitrogens is 1. The Kier molecular flexibility index (Phi) is 3.93. The molecular weight excluding hydrogens is 220 g/mol. The number of amides is 1. The van der Waals surface area contributed by atoms with Crippen LogP contribution in [0.1, 0.15) is 30.9 Å². The minimum atomic E-state index is -0.886. The van der Waals surface area contributed by atoms with Crippen molar-refractivity contribution in [3.05, 3.63) is 17.0 Å². The molecule has 0 aromatic carbocycles. The van der Waals surface area contributed by atoms with Crippen molar-refractivity contribution in [3.8, 4) is 0 Å². The average molecular weight is 240 g/mol. The number of carbonyl (C=O) groups is 1. The van der Waals surface area contributed by atoms with E-state index in [0.717, 1.165) is 11.3 Å². The number of carbonyl (C=O) groups excluding carboxylic acids is 1. The van der Waals surface area contributed by atoms with Crippen LogP contribution in [0.3, 0.4) is 0 Å². The topological polar surface area (TPSA) is 66.6 Å². The highest BCUT2D eigenvalue weighted by Gasteiger charge is 2.21. The first kappa shape index (κ1) is 13.7. The molecule has 0 saturated heterocycles. The summed E-state index contributed by atoms with van der Waals surface area (Å²) in [7, 11) is 1.68. The third-order valence-electron chi connectivity index (χ3n) is 2.56. The quantitative estimate of drug-likeness (QED) is 0.854. The van der Waals surface area contributed by atoms with Gasteiger partial charge in [0.25, 0.3) is 0 Å². The van der Waals surface area contributed by atoms with Crippen LogP contribution in [0, 0.1) is 13.8 Å². The van der Waals surface area contributed by atoms with E-state index in [4.69, 9.17) is 4.52 Å². The average Bonchev–Trinajstić information content (AvgIpc) is 2.46. The molecule has 0 spiro atoms. The van der Waals surface area contributed by atoms with E-state index in [-0.39, 0.29) is 12.3 Å². The standard InChI is InChI=1S/C12H20N2O3/c1-8-10(9(2)17-13-8)6-11(15)14(5)7-12(3,4)16/h16H,6-7H2,1-5H3. The van der Waals surface area contributed by atoms with Gasteiger partial charge in [-0.1, -0.05) is 5.16 Å². The monoisotopic (exact) mass is 240 g/mol. The molecule has 96 valence electrons. The summed E-state index contributed by atoms with van der Waals surface area (Å²) in [4.78, 5) is 13.5. The Hall–Kier alpha value is -1.36. The molecule has 0 saturated carbocycles. The van der Waals surface area contributed by atoms with Gasteiger partial charge in [-0.25, -0.2) is 0 Å². The summed E-state index contributed by atoms with van der Waals surface area (Å²) in [6.45, 7) is 7.25. The molecule has 1 aromatic rings. The summed E-state index contributed by atoms with van der Waals surface area (Å²) in [6.07, 6.45) is 0.258. The van der Waals surface area contributed by atoms with E-state index >= 15 is 0 Å². The summed E-state index contributed by atoms with van der Waals surface area (Å²) in [6, 6.07) is 0. The van der Waals surface area contributed by atoms with Crippen LogP contribution in [0.4, 0.5) is 0 Å². The van der Waals surface area contributed by atoms with E-state index in [0.29, 0.717) is 12.3 Å². The predicted octanol–water partition coefficient (Wildman–Crippen LogP) is 1.06. The van der Waals surface area contributed by atoms with E-state index in [2.05, 4.69) is 5.16 Å². The van der Waals surface area contributed by atoms with Crippen LogP contribution in [0.2, 0.25) is 0 Å². The van der Waals surface area contributed by atoms with Crippen molar-refractivity contribution < 1.29 is 14.4 Å². The second kappa shape index (κ2) is 4.87. The third-order valence-corrected chi connectivity index (χ3v) is 2.56. The Morgan fingerprint density at radius 3 is 2.47 bits per heavy atom. The number of rotatable bonds is 4. The summed E-state index contributed by atoms with van der Waals surface area (Å²) < 4.78 is 5.01. The molecule has 1 aromatic heterocycles. The van der Waals surface area contributed by atoms with Crippen LogP contribution in [-0.4, -0.2) is 40.3 Å². The smallest absolute Gasteiger partial charge is 0.227 e. The number of hydrogen-bond acceptors (Lipinski definition) is 4. The molecule has 0 aliphatic heterocycles. The van der Waals surface area contributed by atoms with E-state index in [1.807, 2.05) is 6.92 Å². The molecule has 1 N–H and O–H groups in total. The van der Waals surface area contributed by atoms with Gasteiger partial charge in [-0.15, -0.1) is 0 Å². The molecule has 0 aliphatic rings. The number of aryl methyl sites for hydroxylation is 2. The molecule has 0 aliphatic carbocycles. The largest absolute Gasteiger partial charge is 0.389 e. The van der Waals surface area contributed by atoms with Crippen LogP contribution in [0.15, 0.2) is 4.52 Å². The lowest BCUT2D eigenvalue weighted by atomic mass is 10.1. The Bertz CT molecular complexity index is 385. The van der Waals surface area contributed by atoms with Crippen molar-refractivity contribution in [1.82, 2.24) is 10.1 Å². The fourth-order valence-electron chi connectivity index (χ4n) is 1.71. The maximum atomic E-state index is 11.9. The highest BCUT2D eigenvalue weighted by molar-refractivity contribution is 5.79. The lowest BCUT2D eigenvalue weighted by molar-refractivity contribution is -0.131. The van der Waals surface area contributed by atoms with Gasteiger partial charge in [-0.3, -0.25) is 4.79 Å². The van der Waals surface area contributed by atoms with Crippen molar-refractivity contribution in [1.29, 1.82) is 0 Å². The Morgan fingerprint density at radius 2 is 2.06 bits per heavy atom. The minimum Gasteiger partial charge on any atom is -0.389 e. The van der Waals surface area contributed by atoms with Gasteiger partial charge in [-0.05, 0) is 27.7 Å². The van der Waals surface area contributed by atoms with Gasteiger partial charge in [-0.2, -0.15) is 0 Å². The van der Waals surface area contributed by atoms with Gasteiger partial charge in [0.2, 0.25) is 5.91 Å². The summed E-state index contributed by atoms with van der Waals surface area (Å²) in [5.41, 5.74) is 0.688. The van der Waals surface area contributed by atoms with E-state index in [1.54, 1.807) is 27.8 Å². The van der Waals surface area contributed by atoms with Gasteiger partial charge in [0.1, 0.15) is 5.76 Å². The van der Waals surface area contributed by atoms with Crippen molar-refractivity contribution in [2.75, 3.05) is 13.6 Å². The summed E-state index contributed by atoms with van der Waals surface area (Å²) >= 11 is 0. The van der Waals surface area contributed by atoms with Crippen molar-refractivity contribution in [2.24, 2.45) is 0 Å². The van der Waals surface area contributed by atoms with Crippen LogP contribution in [-0.2, 0) is 11.2 Å². The van der Waals surface area contributed by atoms with Gasteiger partial charge < -0.3 is 14.5 Å². The second-order valence-corrected chi connectivity index (χ2v) is 5.04. The normalized spacial score (nSPS) is 11.6. The zero-order valence-electron chi connectivity index (χ0n) is 11.1. The zero-order chi connectivity index (χ0) is 13.2. The lowest BCUT2D eigenvalue weighted by Gasteiger charge is -2.25. The van der Waals surface area contributed by atoms with Crippen molar-refractivity contribution in [3.63, 3.8) is 0 Å². The molecule has 0 fully saturated rings. The summed E-state index contributed by atoms with van der Waals surface area (Å²) in [5.74, 6) is 0.619. The van der Waals surface area contributed by atoms with Crippen LogP contribution in [0.25, 0.3) is 0 Å². The number of aliphatic hydroxyl groups is 1. The molecule has 0 bridgehead atoms. The van der Waals surface area contributed by atoms with Crippen LogP contribution >= 0.6 is 0 Å². The molecule has 0 radical (unpaired) electrons.